The quantitative estimate of drug-likeness (QED) is 0.410. The summed E-state index contributed by atoms with van der Waals surface area (Å²) >= 11 is 1.41. The minimum Gasteiger partial charge on any atom is -0.292 e. The molecule has 2 unspecified atom stereocenters. The van der Waals surface area contributed by atoms with Crippen molar-refractivity contribution in [3.8, 4) is 6.07 Å². The molecule has 0 heterocycles. The van der Waals surface area contributed by atoms with Gasteiger partial charge >= 0.3 is 0 Å². The van der Waals surface area contributed by atoms with Gasteiger partial charge in [-0.1, -0.05) is 43.4 Å². The van der Waals surface area contributed by atoms with E-state index in [9.17, 15) is 4.57 Å². The molecule has 0 aliphatic carbocycles. The van der Waals surface area contributed by atoms with Crippen LogP contribution in [-0.4, -0.2) is 29.9 Å². The summed E-state index contributed by atoms with van der Waals surface area (Å²) in [7, 11) is 1.69. The Labute approximate surface area is 137 Å². The molecule has 0 saturated carbocycles. The minimum atomic E-state index is -2.85. The summed E-state index contributed by atoms with van der Waals surface area (Å²) in [6.07, 6.45) is 2.81. The van der Waals surface area contributed by atoms with Gasteiger partial charge in [0, 0.05) is 11.8 Å². The smallest absolute Gasteiger partial charge is 0.292 e. The Balaban J connectivity index is 2.97. The highest BCUT2D eigenvalue weighted by Gasteiger charge is 2.29. The summed E-state index contributed by atoms with van der Waals surface area (Å²) in [5, 5.41) is 12.0. The maximum absolute atomic E-state index is 13.2. The fourth-order valence-corrected chi connectivity index (χ4v) is 6.26. The third-order valence-electron chi connectivity index (χ3n) is 3.07. The van der Waals surface area contributed by atoms with Gasteiger partial charge in [-0.3, -0.25) is 9.24 Å². The van der Waals surface area contributed by atoms with Gasteiger partial charge in [-0.25, -0.2) is 10.1 Å². The lowest BCUT2D eigenvalue weighted by Crippen LogP contribution is -2.25. The summed E-state index contributed by atoms with van der Waals surface area (Å²) < 4.78 is 14.8. The molecule has 0 bridgehead atoms. The molecule has 120 valence electrons. The number of para-hydroxylation sites is 1. The standard InChI is InChI=1S/C15H23N4OPS/c1-4-14(2)22-21(20,17-3)19(12-8-11-16)13-18-15-9-6-5-7-10-15/h5-7,9-10,13-14H,4,8,12H2,1-3H3,(H,17,20). The van der Waals surface area contributed by atoms with Crippen molar-refractivity contribution in [3.05, 3.63) is 30.3 Å². The lowest BCUT2D eigenvalue weighted by Gasteiger charge is -2.29. The molecule has 0 aliphatic heterocycles. The number of nitrogens with zero attached hydrogens (tertiary/aromatic N) is 3. The number of nitrogens with one attached hydrogen (secondary N) is 1. The van der Waals surface area contributed by atoms with Crippen LogP contribution in [0, 0.1) is 11.3 Å². The molecule has 0 spiro atoms. The topological polar surface area (TPSA) is 68.5 Å². The summed E-state index contributed by atoms with van der Waals surface area (Å²) in [5.74, 6) is 0. The van der Waals surface area contributed by atoms with Crippen molar-refractivity contribution in [2.45, 2.75) is 31.9 Å². The first kappa shape index (κ1) is 18.8. The molecule has 0 aliphatic rings. The van der Waals surface area contributed by atoms with E-state index in [1.54, 1.807) is 18.1 Å². The molecule has 0 radical (unpaired) electrons. The fourth-order valence-electron chi connectivity index (χ4n) is 1.63. The second-order valence-corrected chi connectivity index (χ2v) is 9.85. The van der Waals surface area contributed by atoms with Crippen molar-refractivity contribution < 1.29 is 4.57 Å². The maximum Gasteiger partial charge on any atom is 0.293 e. The number of nitriles is 1. The van der Waals surface area contributed by atoms with Crippen LogP contribution in [0.5, 0.6) is 0 Å². The first-order chi connectivity index (χ1) is 10.6. The first-order valence-electron chi connectivity index (χ1n) is 7.26. The molecule has 1 rings (SSSR count). The van der Waals surface area contributed by atoms with Gasteiger partial charge in [0.15, 0.2) is 0 Å². The Bertz CT molecular complexity index is 558. The van der Waals surface area contributed by atoms with E-state index in [1.807, 2.05) is 37.3 Å². The molecule has 1 aromatic rings. The number of rotatable bonds is 9. The zero-order valence-electron chi connectivity index (χ0n) is 13.3. The van der Waals surface area contributed by atoms with Crippen LogP contribution in [0.15, 0.2) is 35.3 Å². The first-order valence-corrected chi connectivity index (χ1v) is 10.4. The van der Waals surface area contributed by atoms with E-state index < -0.39 is 6.65 Å². The van der Waals surface area contributed by atoms with E-state index in [0.717, 1.165) is 12.1 Å². The number of benzene rings is 1. The van der Waals surface area contributed by atoms with Gasteiger partial charge in [0.2, 0.25) is 0 Å². The van der Waals surface area contributed by atoms with E-state index in [4.69, 9.17) is 5.26 Å². The van der Waals surface area contributed by atoms with Gasteiger partial charge in [0.05, 0.1) is 24.5 Å². The zero-order chi connectivity index (χ0) is 16.4. The molecule has 7 heteroatoms. The summed E-state index contributed by atoms with van der Waals surface area (Å²) in [4.78, 5) is 4.37. The number of aliphatic imine (C=N–C) groups is 1. The van der Waals surface area contributed by atoms with Crippen LogP contribution in [-0.2, 0) is 4.57 Å². The Morgan fingerprint density at radius 1 is 1.50 bits per heavy atom. The van der Waals surface area contributed by atoms with Crippen LogP contribution in [0.3, 0.4) is 0 Å². The summed E-state index contributed by atoms with van der Waals surface area (Å²) in [6, 6.07) is 11.6. The zero-order valence-corrected chi connectivity index (χ0v) is 15.0. The molecular formula is C15H23N4OPS. The van der Waals surface area contributed by atoms with Crippen LogP contribution in [0.2, 0.25) is 0 Å². The van der Waals surface area contributed by atoms with Gasteiger partial charge in [0.25, 0.3) is 6.65 Å². The monoisotopic (exact) mass is 338 g/mol. The predicted octanol–water partition coefficient (Wildman–Crippen LogP) is 4.42. The van der Waals surface area contributed by atoms with Crippen molar-refractivity contribution in [1.82, 2.24) is 9.76 Å². The third-order valence-corrected chi connectivity index (χ3v) is 8.71. The molecule has 1 aromatic carbocycles. The van der Waals surface area contributed by atoms with Gasteiger partial charge in [-0.2, -0.15) is 5.26 Å². The van der Waals surface area contributed by atoms with E-state index in [1.165, 1.54) is 11.4 Å². The average Bonchev–Trinajstić information content (AvgIpc) is 2.55. The van der Waals surface area contributed by atoms with Gasteiger partial charge in [0.1, 0.15) is 0 Å². The molecule has 2 atom stereocenters. The molecule has 0 amide bonds. The van der Waals surface area contributed by atoms with Crippen molar-refractivity contribution in [3.63, 3.8) is 0 Å². The number of hydrogen-bond acceptors (Lipinski definition) is 4. The van der Waals surface area contributed by atoms with Crippen molar-refractivity contribution in [2.75, 3.05) is 13.6 Å². The van der Waals surface area contributed by atoms with E-state index >= 15 is 0 Å². The van der Waals surface area contributed by atoms with Crippen LogP contribution in [0.25, 0.3) is 0 Å². The van der Waals surface area contributed by atoms with Crippen LogP contribution >= 0.6 is 18.0 Å². The average molecular weight is 338 g/mol. The van der Waals surface area contributed by atoms with Gasteiger partial charge in [-0.05, 0) is 25.6 Å². The SMILES string of the molecule is CCC(C)SP(=O)(NC)N(C=Nc1ccccc1)CCC#N. The highest BCUT2D eigenvalue weighted by atomic mass is 32.7. The molecule has 0 fully saturated rings. The number of hydrogen-bond donors (Lipinski definition) is 1. The molecule has 5 nitrogen and oxygen atoms in total. The van der Waals surface area contributed by atoms with Gasteiger partial charge in [-0.15, -0.1) is 0 Å². The van der Waals surface area contributed by atoms with Crippen LogP contribution in [0.4, 0.5) is 5.69 Å². The Morgan fingerprint density at radius 2 is 2.18 bits per heavy atom. The molecule has 1 N–H and O–H groups in total. The van der Waals surface area contributed by atoms with E-state index in [2.05, 4.69) is 23.1 Å². The molecular weight excluding hydrogens is 315 g/mol. The van der Waals surface area contributed by atoms with Crippen molar-refractivity contribution in [1.29, 1.82) is 5.26 Å². The normalized spacial score (nSPS) is 15.2. The Kier molecular flexibility index (Phi) is 8.26. The molecule has 0 saturated heterocycles. The lowest BCUT2D eigenvalue weighted by atomic mass is 10.3. The summed E-state index contributed by atoms with van der Waals surface area (Å²) in [6.45, 7) is 1.65. The highest BCUT2D eigenvalue weighted by Crippen LogP contribution is 2.59. The van der Waals surface area contributed by atoms with E-state index in [-0.39, 0.29) is 5.25 Å². The second kappa shape index (κ2) is 9.68. The van der Waals surface area contributed by atoms with Crippen molar-refractivity contribution in [2.24, 2.45) is 4.99 Å². The van der Waals surface area contributed by atoms with Crippen molar-refractivity contribution >= 4 is 30.1 Å². The fraction of sp³-hybridized carbons (Fsp3) is 0.467. The maximum atomic E-state index is 13.2. The van der Waals surface area contributed by atoms with Gasteiger partial charge < -0.3 is 0 Å². The summed E-state index contributed by atoms with van der Waals surface area (Å²) in [5.41, 5.74) is 0.792. The second-order valence-electron chi connectivity index (χ2n) is 4.72. The largest absolute Gasteiger partial charge is 0.293 e. The molecule has 22 heavy (non-hydrogen) atoms. The Morgan fingerprint density at radius 3 is 2.73 bits per heavy atom. The highest BCUT2D eigenvalue weighted by molar-refractivity contribution is 8.57. The lowest BCUT2D eigenvalue weighted by molar-refractivity contribution is 0.530. The predicted molar refractivity (Wildman–Crippen MR) is 95.5 cm³/mol. The third kappa shape index (κ3) is 5.84. The van der Waals surface area contributed by atoms with Crippen LogP contribution in [0.1, 0.15) is 26.7 Å². The minimum absolute atomic E-state index is 0.257. The van der Waals surface area contributed by atoms with Crippen LogP contribution < -0.4 is 5.09 Å². The Hall–Kier alpha value is -1.28. The van der Waals surface area contributed by atoms with E-state index in [0.29, 0.717) is 13.0 Å². The molecule has 0 aromatic heterocycles.